The number of allylic oxidation sites excluding steroid dienone is 1. The first-order chi connectivity index (χ1) is 14.3. The lowest BCUT2D eigenvalue weighted by Crippen LogP contribution is -2.03. The molecule has 0 amide bonds. The number of ether oxygens (including phenoxy) is 1. The molecule has 0 atom stereocenters. The molecular formula is C22H14Cl3NO3S. The molecule has 30 heavy (non-hydrogen) atoms. The van der Waals surface area contributed by atoms with Gasteiger partial charge in [-0.25, -0.2) is 8.42 Å². The summed E-state index contributed by atoms with van der Waals surface area (Å²) in [7, 11) is -3.95. The number of nitriles is 1. The zero-order valence-electron chi connectivity index (χ0n) is 15.3. The molecule has 0 unspecified atom stereocenters. The lowest BCUT2D eigenvalue weighted by Gasteiger charge is -2.09. The van der Waals surface area contributed by atoms with E-state index < -0.39 is 9.84 Å². The molecule has 152 valence electrons. The van der Waals surface area contributed by atoms with Crippen LogP contribution in [0.4, 0.5) is 0 Å². The van der Waals surface area contributed by atoms with Gasteiger partial charge in [0.1, 0.15) is 23.3 Å². The molecule has 0 aliphatic carbocycles. The summed E-state index contributed by atoms with van der Waals surface area (Å²) >= 11 is 18.1. The standard InChI is InChI=1S/C22H14Cl3NO3S/c23-16-6-10-18(11-7-16)30(27,28)19(13-26)12-15-4-8-17(9-5-15)29-14-20-21(24)2-1-3-22(20)25/h1-12H,14H2. The third kappa shape index (κ3) is 5.16. The van der Waals surface area contributed by atoms with E-state index in [0.29, 0.717) is 31.9 Å². The molecule has 3 rings (SSSR count). The van der Waals surface area contributed by atoms with Crippen LogP contribution in [0.25, 0.3) is 6.08 Å². The minimum atomic E-state index is -3.95. The fourth-order valence-electron chi connectivity index (χ4n) is 2.55. The van der Waals surface area contributed by atoms with Gasteiger partial charge >= 0.3 is 0 Å². The van der Waals surface area contributed by atoms with E-state index in [1.807, 2.05) is 0 Å². The van der Waals surface area contributed by atoms with E-state index in [2.05, 4.69) is 0 Å². The van der Waals surface area contributed by atoms with Crippen LogP contribution in [0.2, 0.25) is 15.1 Å². The molecule has 3 aromatic carbocycles. The molecule has 0 heterocycles. The molecule has 0 aliphatic rings. The van der Waals surface area contributed by atoms with Crippen LogP contribution in [-0.2, 0) is 16.4 Å². The molecule has 8 heteroatoms. The van der Waals surface area contributed by atoms with Crippen LogP contribution in [0.1, 0.15) is 11.1 Å². The first kappa shape index (κ1) is 22.2. The number of halogens is 3. The first-order valence-corrected chi connectivity index (χ1v) is 11.2. The lowest BCUT2D eigenvalue weighted by atomic mass is 10.2. The van der Waals surface area contributed by atoms with Gasteiger partial charge in [-0.2, -0.15) is 5.26 Å². The first-order valence-electron chi connectivity index (χ1n) is 8.59. The highest BCUT2D eigenvalue weighted by molar-refractivity contribution is 7.95. The molecule has 4 nitrogen and oxygen atoms in total. The van der Waals surface area contributed by atoms with Gasteiger partial charge in [-0.15, -0.1) is 0 Å². The van der Waals surface area contributed by atoms with Gasteiger partial charge in [-0.05, 0) is 60.2 Å². The van der Waals surface area contributed by atoms with Gasteiger partial charge in [-0.1, -0.05) is 53.0 Å². The number of benzene rings is 3. The second kappa shape index (κ2) is 9.55. The predicted octanol–water partition coefficient (Wildman–Crippen LogP) is 6.56. The van der Waals surface area contributed by atoms with Crippen LogP contribution in [0.15, 0.2) is 76.5 Å². The highest BCUT2D eigenvalue weighted by atomic mass is 35.5. The van der Waals surface area contributed by atoms with Crippen LogP contribution < -0.4 is 4.74 Å². The molecule has 0 aromatic heterocycles. The smallest absolute Gasteiger partial charge is 0.216 e. The number of nitrogens with zero attached hydrogens (tertiary/aromatic N) is 1. The maximum atomic E-state index is 12.7. The normalized spacial score (nSPS) is 11.7. The van der Waals surface area contributed by atoms with Crippen LogP contribution in [-0.4, -0.2) is 8.42 Å². The van der Waals surface area contributed by atoms with Crippen molar-refractivity contribution >= 4 is 50.7 Å². The van der Waals surface area contributed by atoms with Crippen molar-refractivity contribution in [2.75, 3.05) is 0 Å². The Kier molecular flexibility index (Phi) is 7.06. The Labute approximate surface area is 189 Å². The van der Waals surface area contributed by atoms with Crippen molar-refractivity contribution in [3.8, 4) is 11.8 Å². The maximum absolute atomic E-state index is 12.7. The van der Waals surface area contributed by atoms with E-state index in [1.165, 1.54) is 30.3 Å². The average molecular weight is 479 g/mol. The Morgan fingerprint density at radius 3 is 2.10 bits per heavy atom. The van der Waals surface area contributed by atoms with Crippen molar-refractivity contribution in [3.63, 3.8) is 0 Å². The third-order valence-electron chi connectivity index (χ3n) is 4.15. The van der Waals surface area contributed by atoms with Crippen molar-refractivity contribution in [3.05, 3.63) is 97.8 Å². The van der Waals surface area contributed by atoms with Crippen molar-refractivity contribution in [1.29, 1.82) is 5.26 Å². The SMILES string of the molecule is N#CC(=Cc1ccc(OCc2c(Cl)cccc2Cl)cc1)S(=O)(=O)c1ccc(Cl)cc1. The molecule has 0 fully saturated rings. The Morgan fingerprint density at radius 1 is 0.933 bits per heavy atom. The summed E-state index contributed by atoms with van der Waals surface area (Å²) < 4.78 is 31.1. The van der Waals surface area contributed by atoms with E-state index in [4.69, 9.17) is 39.5 Å². The van der Waals surface area contributed by atoms with Crippen LogP contribution in [0.5, 0.6) is 5.75 Å². The van der Waals surface area contributed by atoms with Crippen molar-refractivity contribution in [2.45, 2.75) is 11.5 Å². The number of rotatable bonds is 6. The molecule has 0 bridgehead atoms. The Hall–Kier alpha value is -2.49. The van der Waals surface area contributed by atoms with Gasteiger partial charge in [0, 0.05) is 20.6 Å². The molecule has 0 saturated heterocycles. The lowest BCUT2D eigenvalue weighted by molar-refractivity contribution is 0.306. The predicted molar refractivity (Wildman–Crippen MR) is 119 cm³/mol. The zero-order valence-corrected chi connectivity index (χ0v) is 18.4. The van der Waals surface area contributed by atoms with Crippen LogP contribution in [0.3, 0.4) is 0 Å². The molecule has 0 saturated carbocycles. The second-order valence-corrected chi connectivity index (χ2v) is 9.30. The zero-order chi connectivity index (χ0) is 21.7. The summed E-state index contributed by atoms with van der Waals surface area (Å²) in [4.78, 5) is -0.377. The highest BCUT2D eigenvalue weighted by Gasteiger charge is 2.20. The van der Waals surface area contributed by atoms with E-state index in [-0.39, 0.29) is 16.4 Å². The van der Waals surface area contributed by atoms with Gasteiger partial charge < -0.3 is 4.74 Å². The largest absolute Gasteiger partial charge is 0.489 e. The molecule has 0 aliphatic heterocycles. The van der Waals surface area contributed by atoms with E-state index in [0.717, 1.165) is 0 Å². The summed E-state index contributed by atoms with van der Waals surface area (Å²) in [6.45, 7) is 0.183. The number of hydrogen-bond acceptors (Lipinski definition) is 4. The van der Waals surface area contributed by atoms with Gasteiger partial charge in [0.15, 0.2) is 0 Å². The van der Waals surface area contributed by atoms with Crippen LogP contribution >= 0.6 is 34.8 Å². The van der Waals surface area contributed by atoms with Gasteiger partial charge in [-0.3, -0.25) is 0 Å². The Bertz CT molecular complexity index is 1210. The number of sulfone groups is 1. The number of hydrogen-bond donors (Lipinski definition) is 0. The Balaban J connectivity index is 1.78. The van der Waals surface area contributed by atoms with E-state index in [9.17, 15) is 13.7 Å². The molecule has 0 N–H and O–H groups in total. The van der Waals surface area contributed by atoms with Crippen LogP contribution in [0, 0.1) is 11.3 Å². The fraction of sp³-hybridized carbons (Fsp3) is 0.0455. The maximum Gasteiger partial charge on any atom is 0.216 e. The summed E-state index contributed by atoms with van der Waals surface area (Å²) in [5.41, 5.74) is 1.21. The summed E-state index contributed by atoms with van der Waals surface area (Å²) in [5, 5.41) is 10.8. The van der Waals surface area contributed by atoms with Crippen molar-refractivity contribution in [1.82, 2.24) is 0 Å². The average Bonchev–Trinajstić information content (AvgIpc) is 2.73. The summed E-state index contributed by atoms with van der Waals surface area (Å²) in [6, 6.07) is 19.2. The van der Waals surface area contributed by atoms with E-state index in [1.54, 1.807) is 48.5 Å². The molecule has 3 aromatic rings. The topological polar surface area (TPSA) is 67.2 Å². The summed E-state index contributed by atoms with van der Waals surface area (Å²) in [6.07, 6.45) is 1.30. The van der Waals surface area contributed by atoms with Gasteiger partial charge in [0.05, 0.1) is 4.90 Å². The quantitative estimate of drug-likeness (QED) is 0.376. The third-order valence-corrected chi connectivity index (χ3v) is 6.79. The highest BCUT2D eigenvalue weighted by Crippen LogP contribution is 2.27. The molecule has 0 radical (unpaired) electrons. The minimum absolute atomic E-state index is 0.00345. The van der Waals surface area contributed by atoms with Crippen molar-refractivity contribution in [2.24, 2.45) is 0 Å². The minimum Gasteiger partial charge on any atom is -0.489 e. The monoisotopic (exact) mass is 477 g/mol. The second-order valence-electron chi connectivity index (χ2n) is 6.14. The molecular weight excluding hydrogens is 465 g/mol. The van der Waals surface area contributed by atoms with Gasteiger partial charge in [0.2, 0.25) is 9.84 Å². The van der Waals surface area contributed by atoms with Crippen molar-refractivity contribution < 1.29 is 13.2 Å². The summed E-state index contributed by atoms with van der Waals surface area (Å²) in [5.74, 6) is 0.544. The van der Waals surface area contributed by atoms with E-state index >= 15 is 0 Å². The Morgan fingerprint density at radius 2 is 1.53 bits per heavy atom. The van der Waals surface area contributed by atoms with Gasteiger partial charge in [0.25, 0.3) is 0 Å². The fourth-order valence-corrected chi connectivity index (χ4v) is 4.34. The molecule has 0 spiro atoms.